The Kier molecular flexibility index (Phi) is 7.33. The topological polar surface area (TPSA) is 110 Å². The number of ether oxygens (including phenoxy) is 3. The zero-order chi connectivity index (χ0) is 26.6. The molecule has 0 saturated carbocycles. The molecule has 3 aromatic heterocycles. The van der Waals surface area contributed by atoms with Gasteiger partial charge in [0.2, 0.25) is 11.8 Å². The normalized spacial score (nSPS) is 15.4. The molecule has 11 heteroatoms. The third-order valence-electron chi connectivity index (χ3n) is 6.44. The van der Waals surface area contributed by atoms with Gasteiger partial charge in [0.05, 0.1) is 29.5 Å². The molecule has 1 aromatic carbocycles. The molecule has 4 aromatic rings. The van der Waals surface area contributed by atoms with Gasteiger partial charge in [-0.05, 0) is 49.8 Å². The number of terminal acetylenes is 1. The lowest BCUT2D eigenvalue weighted by Crippen LogP contribution is -2.32. The van der Waals surface area contributed by atoms with Gasteiger partial charge in [-0.2, -0.15) is 15.3 Å². The molecule has 1 saturated heterocycles. The van der Waals surface area contributed by atoms with Crippen molar-refractivity contribution in [1.82, 2.24) is 34.7 Å². The van der Waals surface area contributed by atoms with E-state index in [9.17, 15) is 4.79 Å². The van der Waals surface area contributed by atoms with Crippen LogP contribution >= 0.6 is 0 Å². The Balaban J connectivity index is 1.24. The fourth-order valence-electron chi connectivity index (χ4n) is 4.60. The van der Waals surface area contributed by atoms with Gasteiger partial charge in [-0.1, -0.05) is 6.07 Å². The maximum absolute atomic E-state index is 12.2. The first-order valence-corrected chi connectivity index (χ1v) is 12.6. The second-order valence-corrected chi connectivity index (χ2v) is 9.21. The molecule has 0 aliphatic carbocycles. The van der Waals surface area contributed by atoms with Gasteiger partial charge in [0.1, 0.15) is 12.3 Å². The van der Waals surface area contributed by atoms with Gasteiger partial charge >= 0.3 is 0 Å². The number of rotatable bonds is 9. The zero-order valence-corrected chi connectivity index (χ0v) is 21.8. The molecule has 1 aliphatic rings. The molecule has 4 heterocycles. The molecule has 1 N–H and O–H groups in total. The number of carbonyl (C=O) groups is 1. The first-order chi connectivity index (χ1) is 18.4. The number of aryl methyl sites for hydroxylation is 3. The summed E-state index contributed by atoms with van der Waals surface area (Å²) in [7, 11) is 3.58. The highest BCUT2D eigenvalue weighted by molar-refractivity contribution is 5.89. The molecule has 1 atom stereocenters. The fourth-order valence-corrected chi connectivity index (χ4v) is 4.60. The first-order valence-electron chi connectivity index (χ1n) is 12.6. The van der Waals surface area contributed by atoms with Gasteiger partial charge in [0.25, 0.3) is 5.91 Å². The molecule has 38 heavy (non-hydrogen) atoms. The van der Waals surface area contributed by atoms with Gasteiger partial charge in [0.15, 0.2) is 12.8 Å². The van der Waals surface area contributed by atoms with Crippen LogP contribution in [0.4, 0.5) is 0 Å². The minimum absolute atomic E-state index is 0.104. The highest BCUT2D eigenvalue weighted by Gasteiger charge is 2.22. The molecule has 198 valence electrons. The Morgan fingerprint density at radius 3 is 2.82 bits per heavy atom. The van der Waals surface area contributed by atoms with Crippen LogP contribution in [0.1, 0.15) is 36.9 Å². The average molecular weight is 518 g/mol. The van der Waals surface area contributed by atoms with Crippen molar-refractivity contribution >= 4 is 16.8 Å². The number of benzene rings is 1. The number of fused-ring (bicyclic) bond motifs is 1. The monoisotopic (exact) mass is 517 g/mol. The summed E-state index contributed by atoms with van der Waals surface area (Å²) in [4.78, 5) is 12.2. The van der Waals surface area contributed by atoms with E-state index in [1.807, 2.05) is 36.9 Å². The van der Waals surface area contributed by atoms with Crippen LogP contribution in [0, 0.1) is 19.3 Å². The number of nitrogens with zero attached hydrogens (tertiary/aromatic N) is 6. The predicted molar refractivity (Wildman–Crippen MR) is 141 cm³/mol. The molecule has 1 fully saturated rings. The lowest BCUT2D eigenvalue weighted by atomic mass is 10.1. The summed E-state index contributed by atoms with van der Waals surface area (Å²) in [6, 6.07) is 7.81. The van der Waals surface area contributed by atoms with Gasteiger partial charge in [-0.15, -0.1) is 6.42 Å². The molecular formula is C27H31N7O4. The van der Waals surface area contributed by atoms with Crippen LogP contribution in [-0.4, -0.2) is 61.6 Å². The summed E-state index contributed by atoms with van der Waals surface area (Å²) in [5, 5.41) is 16.9. The van der Waals surface area contributed by atoms with Crippen LogP contribution in [0.5, 0.6) is 11.8 Å². The smallest absolute Gasteiger partial charge is 0.258 e. The predicted octanol–water partition coefficient (Wildman–Crippen LogP) is 2.73. The maximum Gasteiger partial charge on any atom is 0.258 e. The Bertz CT molecular complexity index is 1490. The van der Waals surface area contributed by atoms with Crippen LogP contribution in [0.3, 0.4) is 0 Å². The molecule has 0 spiro atoms. The average Bonchev–Trinajstić information content (AvgIpc) is 3.59. The molecule has 1 unspecified atom stereocenters. The van der Waals surface area contributed by atoms with Crippen molar-refractivity contribution in [3.63, 3.8) is 0 Å². The van der Waals surface area contributed by atoms with Gasteiger partial charge in [-0.3, -0.25) is 4.79 Å². The Morgan fingerprint density at radius 1 is 1.21 bits per heavy atom. The third kappa shape index (κ3) is 5.21. The molecule has 5 rings (SSSR count). The summed E-state index contributed by atoms with van der Waals surface area (Å²) < 4.78 is 22.6. The highest BCUT2D eigenvalue weighted by atomic mass is 16.5. The molecular weight excluding hydrogens is 486 g/mol. The summed E-state index contributed by atoms with van der Waals surface area (Å²) in [6.45, 7) is 3.06. The molecule has 1 amide bonds. The van der Waals surface area contributed by atoms with Crippen molar-refractivity contribution in [3.05, 3.63) is 41.9 Å². The third-order valence-corrected chi connectivity index (χ3v) is 6.44. The number of hydrogen-bond donors (Lipinski definition) is 1. The van der Waals surface area contributed by atoms with Crippen molar-refractivity contribution in [2.24, 2.45) is 14.1 Å². The fraction of sp³-hybridized carbons (Fsp3) is 0.407. The van der Waals surface area contributed by atoms with E-state index in [2.05, 4.69) is 26.5 Å². The van der Waals surface area contributed by atoms with Gasteiger partial charge in [-0.25, -0.2) is 14.0 Å². The van der Waals surface area contributed by atoms with E-state index < -0.39 is 0 Å². The van der Waals surface area contributed by atoms with E-state index in [0.29, 0.717) is 24.0 Å². The first kappa shape index (κ1) is 25.4. The summed E-state index contributed by atoms with van der Waals surface area (Å²) in [5.74, 6) is 3.59. The molecule has 0 bridgehead atoms. The Hall–Kier alpha value is -4.30. The van der Waals surface area contributed by atoms with Crippen molar-refractivity contribution in [3.8, 4) is 35.2 Å². The molecule has 0 radical (unpaired) electrons. The van der Waals surface area contributed by atoms with Crippen LogP contribution in [0.2, 0.25) is 0 Å². The van der Waals surface area contributed by atoms with Gasteiger partial charge < -0.3 is 19.5 Å². The van der Waals surface area contributed by atoms with Crippen molar-refractivity contribution in [1.29, 1.82) is 0 Å². The van der Waals surface area contributed by atoms with Crippen LogP contribution in [0.25, 0.3) is 22.0 Å². The zero-order valence-electron chi connectivity index (χ0n) is 21.8. The van der Waals surface area contributed by atoms with Crippen molar-refractivity contribution in [2.45, 2.75) is 32.4 Å². The quantitative estimate of drug-likeness (QED) is 0.269. The van der Waals surface area contributed by atoms with E-state index >= 15 is 0 Å². The molecule has 11 nitrogen and oxygen atoms in total. The van der Waals surface area contributed by atoms with Crippen LogP contribution < -0.4 is 14.8 Å². The lowest BCUT2D eigenvalue weighted by Gasteiger charge is -2.23. The molecule has 1 aliphatic heterocycles. The number of aromatic nitrogens is 6. The van der Waals surface area contributed by atoms with Crippen LogP contribution in [0.15, 0.2) is 30.5 Å². The van der Waals surface area contributed by atoms with E-state index in [4.69, 9.17) is 20.6 Å². The second kappa shape index (κ2) is 11.0. The minimum atomic E-state index is -0.246. The van der Waals surface area contributed by atoms with E-state index in [1.54, 1.807) is 28.7 Å². The van der Waals surface area contributed by atoms with Gasteiger partial charge in [0, 0.05) is 32.2 Å². The summed E-state index contributed by atoms with van der Waals surface area (Å²) in [5.41, 5.74) is 4.06. The lowest BCUT2D eigenvalue weighted by molar-refractivity contribution is -0.123. The number of amides is 1. The Morgan fingerprint density at radius 2 is 2.08 bits per heavy atom. The van der Waals surface area contributed by atoms with Crippen LogP contribution in [-0.2, 0) is 23.6 Å². The van der Waals surface area contributed by atoms with Crippen molar-refractivity contribution in [2.75, 3.05) is 26.4 Å². The largest absolute Gasteiger partial charge is 0.476 e. The van der Waals surface area contributed by atoms with E-state index in [-0.39, 0.29) is 25.3 Å². The van der Waals surface area contributed by atoms with E-state index in [0.717, 1.165) is 53.6 Å². The van der Waals surface area contributed by atoms with E-state index in [1.165, 1.54) is 0 Å². The Labute approximate surface area is 220 Å². The summed E-state index contributed by atoms with van der Waals surface area (Å²) in [6.07, 6.45) is 10.5. The summed E-state index contributed by atoms with van der Waals surface area (Å²) >= 11 is 0. The maximum atomic E-state index is 12.2. The highest BCUT2D eigenvalue weighted by Crippen LogP contribution is 2.34. The number of carbonyl (C=O) groups excluding carboxylic acids is 1. The number of hydrogen-bond acceptors (Lipinski definition) is 7. The van der Waals surface area contributed by atoms with Crippen molar-refractivity contribution < 1.29 is 19.0 Å². The minimum Gasteiger partial charge on any atom is -0.476 e. The number of nitrogens with one attached hydrogen (secondary N) is 1. The standard InChI is InChI=1S/C27H31N7O4/c1-5-22-20-15-19(9-10-23(20)34(31-22)25-8-6-7-12-36-25)21-16-29-33(4)27(21)37-13-11-28-24(35)17-38-26-14-18(2)30-32(26)3/h1,9-10,14-16,25H,6-8,11-13,17H2,2-4H3,(H,28,35). The SMILES string of the molecule is C#Cc1nn(C2CCCCO2)c2ccc(-c3cnn(C)c3OCCNC(=O)COc3cc(C)nn3C)cc12. The second-order valence-electron chi connectivity index (χ2n) is 9.21.